The molecule has 0 saturated carbocycles. The molecule has 6 heteroatoms. The zero-order valence-corrected chi connectivity index (χ0v) is 8.24. The van der Waals surface area contributed by atoms with Gasteiger partial charge in [0.05, 0.1) is 0 Å². The maximum atomic E-state index is 13.1. The molecule has 1 aromatic carbocycles. The van der Waals surface area contributed by atoms with Crippen molar-refractivity contribution in [3.8, 4) is 0 Å². The number of benzene rings is 1. The number of nitrogens with zero attached hydrogens (tertiary/aromatic N) is 3. The van der Waals surface area contributed by atoms with Gasteiger partial charge in [0.2, 0.25) is 0 Å². The van der Waals surface area contributed by atoms with Gasteiger partial charge in [-0.3, -0.25) is 0 Å². The van der Waals surface area contributed by atoms with Crippen molar-refractivity contribution in [2.24, 2.45) is 0 Å². The highest BCUT2D eigenvalue weighted by Crippen LogP contribution is 2.20. The molecule has 0 aliphatic carbocycles. The van der Waals surface area contributed by atoms with Crippen LogP contribution in [0.25, 0.3) is 10.9 Å². The van der Waals surface area contributed by atoms with E-state index in [1.807, 2.05) is 6.20 Å². The van der Waals surface area contributed by atoms with Crippen LogP contribution in [0.4, 0.5) is 4.39 Å². The molecule has 0 spiro atoms. The Labute approximate surface area is 89.7 Å². The Morgan fingerprint density at radius 2 is 2.25 bits per heavy atom. The van der Waals surface area contributed by atoms with Gasteiger partial charge in [0.15, 0.2) is 5.82 Å². The van der Waals surface area contributed by atoms with Gasteiger partial charge in [0.1, 0.15) is 5.82 Å². The second-order valence-corrected chi connectivity index (χ2v) is 3.51. The SMILES string of the molecule is Fc1ccc2[nH]cc(Cc3nn[nH]n3)c2c1. The summed E-state index contributed by atoms with van der Waals surface area (Å²) >= 11 is 0. The van der Waals surface area contributed by atoms with Crippen molar-refractivity contribution in [1.82, 2.24) is 25.6 Å². The van der Waals surface area contributed by atoms with E-state index in [0.29, 0.717) is 12.2 Å². The van der Waals surface area contributed by atoms with Crippen molar-refractivity contribution in [3.05, 3.63) is 41.6 Å². The monoisotopic (exact) mass is 217 g/mol. The van der Waals surface area contributed by atoms with E-state index in [2.05, 4.69) is 25.6 Å². The van der Waals surface area contributed by atoms with Gasteiger partial charge in [-0.05, 0) is 23.8 Å². The van der Waals surface area contributed by atoms with Crippen LogP contribution in [0.1, 0.15) is 11.4 Å². The Balaban J connectivity index is 2.07. The molecule has 0 amide bonds. The Kier molecular flexibility index (Phi) is 1.92. The number of aromatic nitrogens is 5. The summed E-state index contributed by atoms with van der Waals surface area (Å²) in [7, 11) is 0. The summed E-state index contributed by atoms with van der Waals surface area (Å²) in [6, 6.07) is 4.64. The summed E-state index contributed by atoms with van der Waals surface area (Å²) in [6.07, 6.45) is 2.36. The lowest BCUT2D eigenvalue weighted by molar-refractivity contribution is 0.629. The summed E-state index contributed by atoms with van der Waals surface area (Å²) < 4.78 is 13.1. The zero-order valence-electron chi connectivity index (χ0n) is 8.24. The number of halogens is 1. The van der Waals surface area contributed by atoms with E-state index >= 15 is 0 Å². The molecule has 0 aliphatic heterocycles. The lowest BCUT2D eigenvalue weighted by Crippen LogP contribution is -1.89. The van der Waals surface area contributed by atoms with Crippen molar-refractivity contribution in [3.63, 3.8) is 0 Å². The average molecular weight is 217 g/mol. The maximum Gasteiger partial charge on any atom is 0.178 e. The summed E-state index contributed by atoms with van der Waals surface area (Å²) in [6.45, 7) is 0. The minimum absolute atomic E-state index is 0.249. The van der Waals surface area contributed by atoms with Crippen molar-refractivity contribution < 1.29 is 4.39 Å². The molecule has 0 unspecified atom stereocenters. The molecule has 5 nitrogen and oxygen atoms in total. The van der Waals surface area contributed by atoms with E-state index in [1.54, 1.807) is 6.07 Å². The van der Waals surface area contributed by atoms with Gasteiger partial charge in [-0.1, -0.05) is 5.21 Å². The summed E-state index contributed by atoms with van der Waals surface area (Å²) in [4.78, 5) is 3.07. The fourth-order valence-corrected chi connectivity index (χ4v) is 1.72. The highest BCUT2D eigenvalue weighted by molar-refractivity contribution is 5.83. The third-order valence-electron chi connectivity index (χ3n) is 2.47. The van der Waals surface area contributed by atoms with Gasteiger partial charge in [-0.25, -0.2) is 4.39 Å². The third-order valence-corrected chi connectivity index (χ3v) is 2.47. The lowest BCUT2D eigenvalue weighted by atomic mass is 10.1. The summed E-state index contributed by atoms with van der Waals surface area (Å²) in [5, 5.41) is 14.4. The first kappa shape index (κ1) is 9.02. The number of aromatic amines is 2. The molecule has 0 bridgehead atoms. The van der Waals surface area contributed by atoms with Gasteiger partial charge in [-0.15, -0.1) is 10.2 Å². The molecule has 3 rings (SSSR count). The second-order valence-electron chi connectivity index (χ2n) is 3.51. The molecular weight excluding hydrogens is 209 g/mol. The molecule has 0 aliphatic rings. The highest BCUT2D eigenvalue weighted by Gasteiger charge is 2.07. The van der Waals surface area contributed by atoms with Crippen molar-refractivity contribution >= 4 is 10.9 Å². The number of fused-ring (bicyclic) bond motifs is 1. The Hall–Kier alpha value is -2.24. The lowest BCUT2D eigenvalue weighted by Gasteiger charge is -1.94. The largest absolute Gasteiger partial charge is 0.361 e. The zero-order chi connectivity index (χ0) is 11.0. The average Bonchev–Trinajstić information content (AvgIpc) is 2.90. The molecule has 0 radical (unpaired) electrons. The third kappa shape index (κ3) is 1.44. The minimum atomic E-state index is -0.249. The van der Waals surface area contributed by atoms with Crippen LogP contribution in [0.5, 0.6) is 0 Å². The Morgan fingerprint density at radius 3 is 3.06 bits per heavy atom. The van der Waals surface area contributed by atoms with E-state index in [4.69, 9.17) is 0 Å². The quantitative estimate of drug-likeness (QED) is 0.681. The topological polar surface area (TPSA) is 70.2 Å². The van der Waals surface area contributed by atoms with Crippen LogP contribution in [-0.4, -0.2) is 25.6 Å². The maximum absolute atomic E-state index is 13.1. The molecule has 3 aromatic rings. The van der Waals surface area contributed by atoms with Crippen LogP contribution in [0.2, 0.25) is 0 Å². The molecule has 16 heavy (non-hydrogen) atoms. The smallest absolute Gasteiger partial charge is 0.178 e. The number of hydrogen-bond acceptors (Lipinski definition) is 3. The van der Waals surface area contributed by atoms with Crippen LogP contribution in [0, 0.1) is 5.82 Å². The van der Waals surface area contributed by atoms with Gasteiger partial charge in [0.25, 0.3) is 0 Å². The number of rotatable bonds is 2. The highest BCUT2D eigenvalue weighted by atomic mass is 19.1. The fraction of sp³-hybridized carbons (Fsp3) is 0.100. The van der Waals surface area contributed by atoms with E-state index < -0.39 is 0 Å². The minimum Gasteiger partial charge on any atom is -0.361 e. The fourth-order valence-electron chi connectivity index (χ4n) is 1.72. The standard InChI is InChI=1S/C10H8FN5/c11-7-1-2-9-8(4-7)6(5-12-9)3-10-13-15-16-14-10/h1-2,4-5,12H,3H2,(H,13,14,15,16). The number of H-pyrrole nitrogens is 2. The summed E-state index contributed by atoms with van der Waals surface area (Å²) in [5.74, 6) is 0.339. The molecule has 2 aromatic heterocycles. The van der Waals surface area contributed by atoms with Crippen LogP contribution in [0.3, 0.4) is 0 Å². The number of hydrogen-bond donors (Lipinski definition) is 2. The number of tetrazole rings is 1. The molecule has 2 N–H and O–H groups in total. The van der Waals surface area contributed by atoms with Gasteiger partial charge in [-0.2, -0.15) is 5.21 Å². The predicted molar refractivity (Wildman–Crippen MR) is 55.2 cm³/mol. The Bertz CT molecular complexity index is 613. The van der Waals surface area contributed by atoms with Gasteiger partial charge >= 0.3 is 0 Å². The molecule has 2 heterocycles. The molecule has 0 fully saturated rings. The van der Waals surface area contributed by atoms with Gasteiger partial charge < -0.3 is 4.98 Å². The van der Waals surface area contributed by atoms with E-state index in [9.17, 15) is 4.39 Å². The van der Waals surface area contributed by atoms with Crippen molar-refractivity contribution in [2.75, 3.05) is 0 Å². The van der Waals surface area contributed by atoms with Crippen LogP contribution < -0.4 is 0 Å². The number of nitrogens with one attached hydrogen (secondary N) is 2. The Morgan fingerprint density at radius 1 is 1.31 bits per heavy atom. The van der Waals surface area contributed by atoms with E-state index in [-0.39, 0.29) is 5.82 Å². The molecule has 0 atom stereocenters. The summed E-state index contributed by atoms with van der Waals surface area (Å²) in [5.41, 5.74) is 1.86. The first-order valence-electron chi connectivity index (χ1n) is 4.81. The van der Waals surface area contributed by atoms with Crippen LogP contribution >= 0.6 is 0 Å². The van der Waals surface area contributed by atoms with Crippen molar-refractivity contribution in [2.45, 2.75) is 6.42 Å². The van der Waals surface area contributed by atoms with Crippen LogP contribution in [0.15, 0.2) is 24.4 Å². The van der Waals surface area contributed by atoms with E-state index in [1.165, 1.54) is 12.1 Å². The molecule has 80 valence electrons. The predicted octanol–water partition coefficient (Wildman–Crippen LogP) is 1.41. The normalized spacial score (nSPS) is 11.1. The molecular formula is C10H8FN5. The van der Waals surface area contributed by atoms with Crippen molar-refractivity contribution in [1.29, 1.82) is 0 Å². The van der Waals surface area contributed by atoms with E-state index in [0.717, 1.165) is 16.5 Å². The van der Waals surface area contributed by atoms with Gasteiger partial charge in [0, 0.05) is 23.5 Å². The molecule has 0 saturated heterocycles. The van der Waals surface area contributed by atoms with Crippen LogP contribution in [-0.2, 0) is 6.42 Å². The second kappa shape index (κ2) is 3.41. The first-order chi connectivity index (χ1) is 7.83. The first-order valence-corrected chi connectivity index (χ1v) is 4.81.